The minimum absolute atomic E-state index is 0.226. The largest absolute Gasteiger partial charge is 0.344 e. The molecule has 1 fully saturated rings. The highest BCUT2D eigenvalue weighted by molar-refractivity contribution is 5.78. The minimum atomic E-state index is 0.226. The van der Waals surface area contributed by atoms with Gasteiger partial charge >= 0.3 is 0 Å². The van der Waals surface area contributed by atoms with Crippen molar-refractivity contribution in [3.8, 4) is 11.1 Å². The molecule has 2 aromatic rings. The van der Waals surface area contributed by atoms with Crippen LogP contribution in [0.3, 0.4) is 0 Å². The normalized spacial score (nSPS) is 18.2. The van der Waals surface area contributed by atoms with E-state index in [-0.39, 0.29) is 11.9 Å². The van der Waals surface area contributed by atoms with Crippen LogP contribution in [0.2, 0.25) is 0 Å². The molecule has 0 spiro atoms. The summed E-state index contributed by atoms with van der Waals surface area (Å²) in [5.41, 5.74) is 3.75. The van der Waals surface area contributed by atoms with Crippen molar-refractivity contribution in [2.45, 2.75) is 19.0 Å². The molecule has 2 aromatic carbocycles. The van der Waals surface area contributed by atoms with Crippen LogP contribution >= 0.6 is 0 Å². The number of likely N-dealkylation sites (N-methyl/N-ethyl adjacent to an activating group) is 1. The molecule has 3 rings (SSSR count). The zero-order valence-electron chi connectivity index (χ0n) is 12.3. The molecule has 3 heteroatoms. The predicted molar refractivity (Wildman–Crippen MR) is 84.8 cm³/mol. The fourth-order valence-corrected chi connectivity index (χ4v) is 2.83. The third kappa shape index (κ3) is 3.14. The van der Waals surface area contributed by atoms with Crippen LogP contribution in [0.5, 0.6) is 0 Å². The fraction of sp³-hybridized carbons (Fsp3) is 0.278. The van der Waals surface area contributed by atoms with Gasteiger partial charge in [0.2, 0.25) is 5.91 Å². The molecule has 3 nitrogen and oxygen atoms in total. The molecule has 1 saturated heterocycles. The second-order valence-corrected chi connectivity index (χ2v) is 5.58. The number of nitrogens with zero attached hydrogens (tertiary/aromatic N) is 1. The van der Waals surface area contributed by atoms with Crippen LogP contribution in [-0.4, -0.2) is 30.4 Å². The number of likely N-dealkylation sites (tertiary alicyclic amines) is 1. The van der Waals surface area contributed by atoms with Crippen LogP contribution in [-0.2, 0) is 11.3 Å². The summed E-state index contributed by atoms with van der Waals surface area (Å²) in [6, 6.07) is 19.1. The van der Waals surface area contributed by atoms with Gasteiger partial charge in [-0.3, -0.25) is 4.79 Å². The molecule has 0 aliphatic carbocycles. The van der Waals surface area contributed by atoms with Gasteiger partial charge in [0.05, 0.1) is 0 Å². The van der Waals surface area contributed by atoms with Crippen LogP contribution in [0.1, 0.15) is 12.0 Å². The van der Waals surface area contributed by atoms with Crippen molar-refractivity contribution in [1.29, 1.82) is 0 Å². The van der Waals surface area contributed by atoms with Gasteiger partial charge in [-0.1, -0.05) is 54.6 Å². The number of carbonyl (C=O) groups is 1. The quantitative estimate of drug-likeness (QED) is 0.934. The van der Waals surface area contributed by atoms with Gasteiger partial charge in [-0.25, -0.2) is 0 Å². The molecule has 0 radical (unpaired) electrons. The number of rotatable bonds is 4. The lowest BCUT2D eigenvalue weighted by atomic mass is 9.99. The van der Waals surface area contributed by atoms with Crippen LogP contribution in [0.15, 0.2) is 54.6 Å². The van der Waals surface area contributed by atoms with Crippen molar-refractivity contribution in [2.24, 2.45) is 0 Å². The third-order valence-electron chi connectivity index (χ3n) is 4.02. The monoisotopic (exact) mass is 280 g/mol. The van der Waals surface area contributed by atoms with E-state index < -0.39 is 0 Å². The molecule has 108 valence electrons. The van der Waals surface area contributed by atoms with E-state index in [1.54, 1.807) is 4.90 Å². The third-order valence-corrected chi connectivity index (χ3v) is 4.02. The zero-order chi connectivity index (χ0) is 14.7. The molecule has 0 bridgehead atoms. The first-order valence-corrected chi connectivity index (χ1v) is 7.35. The van der Waals surface area contributed by atoms with Gasteiger partial charge in [0, 0.05) is 32.6 Å². The first-order valence-electron chi connectivity index (χ1n) is 7.35. The topological polar surface area (TPSA) is 32.3 Å². The molecule has 1 heterocycles. The van der Waals surface area contributed by atoms with E-state index in [4.69, 9.17) is 0 Å². The van der Waals surface area contributed by atoms with E-state index >= 15 is 0 Å². The lowest BCUT2D eigenvalue weighted by molar-refractivity contribution is -0.126. The molecule has 0 saturated carbocycles. The standard InChI is InChI=1S/C18H20N2O/c1-20-13-16(11-18(20)21)19-12-15-9-5-6-10-17(15)14-7-3-2-4-8-14/h2-10,16,19H,11-13H2,1H3. The van der Waals surface area contributed by atoms with Crippen LogP contribution in [0.25, 0.3) is 11.1 Å². The minimum Gasteiger partial charge on any atom is -0.344 e. The van der Waals surface area contributed by atoms with Gasteiger partial charge in [0.25, 0.3) is 0 Å². The van der Waals surface area contributed by atoms with E-state index in [1.165, 1.54) is 16.7 Å². The second kappa shape index (κ2) is 6.10. The number of hydrogen-bond acceptors (Lipinski definition) is 2. The summed E-state index contributed by atoms with van der Waals surface area (Å²) in [5.74, 6) is 0.226. The first kappa shape index (κ1) is 13.8. The predicted octanol–water partition coefficient (Wildman–Crippen LogP) is 2.67. The van der Waals surface area contributed by atoms with Gasteiger partial charge in [-0.05, 0) is 16.7 Å². The lowest BCUT2D eigenvalue weighted by Crippen LogP contribution is -2.31. The average Bonchev–Trinajstić information content (AvgIpc) is 2.85. The second-order valence-electron chi connectivity index (χ2n) is 5.58. The Balaban J connectivity index is 1.73. The number of amides is 1. The zero-order valence-corrected chi connectivity index (χ0v) is 12.3. The summed E-state index contributed by atoms with van der Waals surface area (Å²) >= 11 is 0. The molecular formula is C18H20N2O. The summed E-state index contributed by atoms with van der Waals surface area (Å²) in [7, 11) is 1.86. The maximum atomic E-state index is 11.6. The lowest BCUT2D eigenvalue weighted by Gasteiger charge is -2.15. The molecule has 0 aromatic heterocycles. The van der Waals surface area contributed by atoms with Gasteiger partial charge in [-0.15, -0.1) is 0 Å². The Bertz CT molecular complexity index is 624. The highest BCUT2D eigenvalue weighted by atomic mass is 16.2. The average molecular weight is 280 g/mol. The summed E-state index contributed by atoms with van der Waals surface area (Å²) in [4.78, 5) is 13.4. The molecule has 1 aliphatic heterocycles. The molecule has 1 atom stereocenters. The summed E-state index contributed by atoms with van der Waals surface area (Å²) in [5, 5.41) is 3.51. The Kier molecular flexibility index (Phi) is 4.02. The summed E-state index contributed by atoms with van der Waals surface area (Å²) in [6.07, 6.45) is 0.601. The van der Waals surface area contributed by atoms with Crippen molar-refractivity contribution in [1.82, 2.24) is 10.2 Å². The number of nitrogens with one attached hydrogen (secondary N) is 1. The van der Waals surface area contributed by atoms with E-state index in [1.807, 2.05) is 13.1 Å². The van der Waals surface area contributed by atoms with Crippen molar-refractivity contribution in [3.05, 3.63) is 60.2 Å². The summed E-state index contributed by atoms with van der Waals surface area (Å²) < 4.78 is 0. The van der Waals surface area contributed by atoms with Crippen LogP contribution in [0, 0.1) is 0 Å². The SMILES string of the molecule is CN1CC(NCc2ccccc2-c2ccccc2)CC1=O. The van der Waals surface area contributed by atoms with Crippen molar-refractivity contribution < 1.29 is 4.79 Å². The molecule has 1 unspecified atom stereocenters. The van der Waals surface area contributed by atoms with Gasteiger partial charge in [-0.2, -0.15) is 0 Å². The van der Waals surface area contributed by atoms with Gasteiger partial charge in [0.1, 0.15) is 0 Å². The number of carbonyl (C=O) groups excluding carboxylic acids is 1. The Morgan fingerprint density at radius 2 is 1.81 bits per heavy atom. The van der Waals surface area contributed by atoms with E-state index in [0.717, 1.165) is 13.1 Å². The highest BCUT2D eigenvalue weighted by Crippen LogP contribution is 2.23. The highest BCUT2D eigenvalue weighted by Gasteiger charge is 2.26. The molecule has 21 heavy (non-hydrogen) atoms. The van der Waals surface area contributed by atoms with E-state index in [9.17, 15) is 4.79 Å². The van der Waals surface area contributed by atoms with Crippen LogP contribution in [0.4, 0.5) is 0 Å². The van der Waals surface area contributed by atoms with Crippen LogP contribution < -0.4 is 5.32 Å². The first-order chi connectivity index (χ1) is 10.2. The van der Waals surface area contributed by atoms with E-state index in [2.05, 4.69) is 53.8 Å². The maximum Gasteiger partial charge on any atom is 0.224 e. The Morgan fingerprint density at radius 3 is 2.52 bits per heavy atom. The van der Waals surface area contributed by atoms with Crippen molar-refractivity contribution >= 4 is 5.91 Å². The van der Waals surface area contributed by atoms with Crippen molar-refractivity contribution in [3.63, 3.8) is 0 Å². The Hall–Kier alpha value is -2.13. The fourth-order valence-electron chi connectivity index (χ4n) is 2.83. The molecular weight excluding hydrogens is 260 g/mol. The Labute approximate surface area is 125 Å². The molecule has 1 amide bonds. The molecule has 1 N–H and O–H groups in total. The van der Waals surface area contributed by atoms with Crippen molar-refractivity contribution in [2.75, 3.05) is 13.6 Å². The number of hydrogen-bond donors (Lipinski definition) is 1. The smallest absolute Gasteiger partial charge is 0.224 e. The van der Waals surface area contributed by atoms with Gasteiger partial charge in [0.15, 0.2) is 0 Å². The van der Waals surface area contributed by atoms with E-state index in [0.29, 0.717) is 6.42 Å². The maximum absolute atomic E-state index is 11.6. The molecule has 1 aliphatic rings. The van der Waals surface area contributed by atoms with Gasteiger partial charge < -0.3 is 10.2 Å². The Morgan fingerprint density at radius 1 is 1.10 bits per heavy atom. The summed E-state index contributed by atoms with van der Waals surface area (Å²) in [6.45, 7) is 1.59. The number of benzene rings is 2.